The van der Waals surface area contributed by atoms with Gasteiger partial charge in [-0.15, -0.1) is 13.2 Å². The number of hydrogen-bond donors (Lipinski definition) is 0. The zero-order valence-electron chi connectivity index (χ0n) is 17.9. The lowest BCUT2D eigenvalue weighted by Crippen LogP contribution is -2.47. The number of allylic oxidation sites excluding steroid dienone is 2. The van der Waals surface area contributed by atoms with Crippen molar-refractivity contribution < 1.29 is 14.3 Å². The van der Waals surface area contributed by atoms with Crippen molar-refractivity contribution in [2.24, 2.45) is 0 Å². The molecule has 0 aromatic carbocycles. The molecule has 3 heteroatoms. The smallest absolute Gasteiger partial charge is 0.424 e. The number of ether oxygens (including phenoxy) is 2. The molecule has 0 N–H and O–H groups in total. The number of hydrogen-bond acceptors (Lipinski definition) is 3. The molecule has 0 saturated carbocycles. The molecule has 0 spiro atoms. The summed E-state index contributed by atoms with van der Waals surface area (Å²) in [6.07, 6.45) is 20.9. The van der Waals surface area contributed by atoms with Gasteiger partial charge in [0.15, 0.2) is 11.2 Å². The molecule has 3 nitrogen and oxygen atoms in total. The molecule has 2 atom stereocenters. The van der Waals surface area contributed by atoms with E-state index in [1.54, 1.807) is 0 Å². The number of rotatable bonds is 17. The van der Waals surface area contributed by atoms with Crippen LogP contribution >= 0.6 is 0 Å². The Morgan fingerprint density at radius 3 is 1.37 bits per heavy atom. The molecule has 156 valence electrons. The monoisotopic (exact) mass is 378 g/mol. The second-order valence-electron chi connectivity index (χ2n) is 8.46. The summed E-state index contributed by atoms with van der Waals surface area (Å²) in [5.74, 6) is 0. The topological polar surface area (TPSA) is 35.5 Å². The van der Waals surface area contributed by atoms with E-state index >= 15 is 0 Å². The third-order valence-corrected chi connectivity index (χ3v) is 6.11. The van der Waals surface area contributed by atoms with E-state index in [9.17, 15) is 4.79 Å². The normalized spacial score (nSPS) is 24.4. The van der Waals surface area contributed by atoms with E-state index in [0.29, 0.717) is 0 Å². The Hall–Kier alpha value is -1.25. The van der Waals surface area contributed by atoms with Gasteiger partial charge in [0, 0.05) is 0 Å². The van der Waals surface area contributed by atoms with Gasteiger partial charge in [-0.2, -0.15) is 0 Å². The first-order valence-electron chi connectivity index (χ1n) is 11.1. The van der Waals surface area contributed by atoms with Crippen LogP contribution in [0.15, 0.2) is 25.3 Å². The third-order valence-electron chi connectivity index (χ3n) is 6.11. The molecule has 0 aromatic heterocycles. The van der Waals surface area contributed by atoms with Gasteiger partial charge >= 0.3 is 6.16 Å². The summed E-state index contributed by atoms with van der Waals surface area (Å²) in [4.78, 5) is 11.8. The molecule has 1 saturated heterocycles. The van der Waals surface area contributed by atoms with Gasteiger partial charge in [0.25, 0.3) is 0 Å². The summed E-state index contributed by atoms with van der Waals surface area (Å²) in [7, 11) is 0. The van der Waals surface area contributed by atoms with Crippen LogP contribution in [0.4, 0.5) is 4.79 Å². The fraction of sp³-hybridized carbons (Fsp3) is 0.792. The van der Waals surface area contributed by atoms with Crippen LogP contribution in [0.2, 0.25) is 0 Å². The van der Waals surface area contributed by atoms with E-state index in [1.807, 2.05) is 12.2 Å². The highest BCUT2D eigenvalue weighted by Gasteiger charge is 2.56. The largest absolute Gasteiger partial charge is 0.509 e. The van der Waals surface area contributed by atoms with E-state index in [1.165, 1.54) is 57.8 Å². The van der Waals surface area contributed by atoms with E-state index in [0.717, 1.165) is 38.5 Å². The minimum Gasteiger partial charge on any atom is -0.424 e. The van der Waals surface area contributed by atoms with Crippen LogP contribution < -0.4 is 0 Å². The van der Waals surface area contributed by atoms with Gasteiger partial charge in [-0.1, -0.05) is 57.1 Å². The molecule has 1 rings (SSSR count). The minimum atomic E-state index is -0.493. The summed E-state index contributed by atoms with van der Waals surface area (Å²) >= 11 is 0. The Balaban J connectivity index is 2.27. The van der Waals surface area contributed by atoms with E-state index in [4.69, 9.17) is 9.47 Å². The lowest BCUT2D eigenvalue weighted by molar-refractivity contribution is -0.0377. The third kappa shape index (κ3) is 8.53. The molecule has 0 radical (unpaired) electrons. The van der Waals surface area contributed by atoms with Gasteiger partial charge in [-0.05, 0) is 65.2 Å². The maximum atomic E-state index is 11.8. The van der Waals surface area contributed by atoms with Crippen LogP contribution in [0.1, 0.15) is 110 Å². The van der Waals surface area contributed by atoms with E-state index < -0.39 is 17.4 Å². The molecule has 0 aliphatic carbocycles. The first-order valence-corrected chi connectivity index (χ1v) is 11.1. The lowest BCUT2D eigenvalue weighted by Gasteiger charge is -2.36. The molecule has 0 aromatic rings. The van der Waals surface area contributed by atoms with Crippen molar-refractivity contribution in [1.82, 2.24) is 0 Å². The van der Waals surface area contributed by atoms with Crippen molar-refractivity contribution in [1.29, 1.82) is 0 Å². The molecule has 1 heterocycles. The highest BCUT2D eigenvalue weighted by molar-refractivity contribution is 5.64. The molecular weight excluding hydrogens is 336 g/mol. The van der Waals surface area contributed by atoms with Crippen LogP contribution in [-0.4, -0.2) is 17.4 Å². The summed E-state index contributed by atoms with van der Waals surface area (Å²) in [6.45, 7) is 11.6. The second-order valence-corrected chi connectivity index (χ2v) is 8.46. The van der Waals surface area contributed by atoms with Crippen molar-refractivity contribution in [3.8, 4) is 0 Å². The Bertz CT molecular complexity index is 445. The molecule has 1 fully saturated rings. The second kappa shape index (κ2) is 13.0. The number of cyclic esters (lactones) is 2. The average molecular weight is 379 g/mol. The molecule has 1 aliphatic heterocycles. The van der Waals surface area contributed by atoms with Gasteiger partial charge in [0.05, 0.1) is 0 Å². The van der Waals surface area contributed by atoms with Gasteiger partial charge in [-0.3, -0.25) is 0 Å². The summed E-state index contributed by atoms with van der Waals surface area (Å²) < 4.78 is 11.3. The number of carbonyl (C=O) groups is 1. The van der Waals surface area contributed by atoms with Gasteiger partial charge in [-0.25, -0.2) is 4.79 Å². The fourth-order valence-electron chi connectivity index (χ4n) is 3.97. The van der Waals surface area contributed by atoms with Crippen molar-refractivity contribution in [2.75, 3.05) is 0 Å². The molecule has 0 amide bonds. The van der Waals surface area contributed by atoms with Gasteiger partial charge in [0.1, 0.15) is 0 Å². The summed E-state index contributed by atoms with van der Waals surface area (Å²) in [5.41, 5.74) is -0.984. The van der Waals surface area contributed by atoms with E-state index in [-0.39, 0.29) is 0 Å². The molecular formula is C24H42O3. The van der Waals surface area contributed by atoms with Crippen LogP contribution in [0.25, 0.3) is 0 Å². The lowest BCUT2D eigenvalue weighted by atomic mass is 9.78. The Labute approximate surface area is 167 Å². The van der Waals surface area contributed by atoms with Gasteiger partial charge < -0.3 is 9.47 Å². The molecule has 0 unspecified atom stereocenters. The van der Waals surface area contributed by atoms with Crippen molar-refractivity contribution in [3.63, 3.8) is 0 Å². The van der Waals surface area contributed by atoms with Crippen LogP contribution in [-0.2, 0) is 9.47 Å². The predicted molar refractivity (Wildman–Crippen MR) is 114 cm³/mol. The van der Waals surface area contributed by atoms with Crippen LogP contribution in [0, 0.1) is 0 Å². The Morgan fingerprint density at radius 1 is 0.667 bits per heavy atom. The molecule has 1 aliphatic rings. The zero-order valence-corrected chi connectivity index (χ0v) is 17.9. The van der Waals surface area contributed by atoms with E-state index in [2.05, 4.69) is 27.0 Å². The standard InChI is InChI=1S/C24H42O3/c1-5-7-9-11-13-14-15-17-19-21-24(4)23(3,26-22(25)27-24)20-18-16-12-10-8-6-2/h5-6H,1-2,7-21H2,3-4H3/t23-,24-/m1/s1. The molecule has 0 bridgehead atoms. The van der Waals surface area contributed by atoms with Crippen LogP contribution in [0.3, 0.4) is 0 Å². The Morgan fingerprint density at radius 2 is 1.00 bits per heavy atom. The average Bonchev–Trinajstić information content (AvgIpc) is 2.85. The highest BCUT2D eigenvalue weighted by atomic mass is 16.8. The maximum Gasteiger partial charge on any atom is 0.509 e. The quantitative estimate of drug-likeness (QED) is 0.147. The SMILES string of the molecule is C=CCCCCCCCCC[C@@]1(C)OC(=O)O[C@]1(C)CCCCCCC=C. The fourth-order valence-corrected chi connectivity index (χ4v) is 3.97. The van der Waals surface area contributed by atoms with Gasteiger partial charge in [0.2, 0.25) is 0 Å². The Kier molecular flexibility index (Phi) is 11.5. The zero-order chi connectivity index (χ0) is 20.0. The first-order chi connectivity index (χ1) is 13.0. The number of carbonyl (C=O) groups excluding carboxylic acids is 1. The molecule has 27 heavy (non-hydrogen) atoms. The maximum absolute atomic E-state index is 11.8. The number of unbranched alkanes of at least 4 members (excludes halogenated alkanes) is 11. The summed E-state index contributed by atoms with van der Waals surface area (Å²) in [5, 5.41) is 0. The summed E-state index contributed by atoms with van der Waals surface area (Å²) in [6, 6.07) is 0. The predicted octanol–water partition coefficient (Wildman–Crippen LogP) is 7.89. The van der Waals surface area contributed by atoms with Crippen molar-refractivity contribution >= 4 is 6.16 Å². The highest BCUT2D eigenvalue weighted by Crippen LogP contribution is 2.43. The van der Waals surface area contributed by atoms with Crippen molar-refractivity contribution in [3.05, 3.63) is 25.3 Å². The van der Waals surface area contributed by atoms with Crippen LogP contribution in [0.5, 0.6) is 0 Å². The van der Waals surface area contributed by atoms with Crippen molar-refractivity contribution in [2.45, 2.75) is 121 Å². The minimum absolute atomic E-state index is 0.491. The first kappa shape index (κ1) is 23.8.